The summed E-state index contributed by atoms with van der Waals surface area (Å²) in [7, 11) is 0. The molecule has 0 amide bonds. The Labute approximate surface area is 105 Å². The Morgan fingerprint density at radius 2 is 1.94 bits per heavy atom. The van der Waals surface area contributed by atoms with Crippen LogP contribution in [0.3, 0.4) is 0 Å². The highest BCUT2D eigenvalue weighted by Crippen LogP contribution is 2.09. The highest BCUT2D eigenvalue weighted by molar-refractivity contribution is 5.20. The van der Waals surface area contributed by atoms with Crippen molar-refractivity contribution in [1.82, 2.24) is 0 Å². The number of benzene rings is 1. The van der Waals surface area contributed by atoms with Crippen molar-refractivity contribution in [1.29, 1.82) is 0 Å². The van der Waals surface area contributed by atoms with Crippen LogP contribution in [0.4, 0.5) is 0 Å². The number of hydrogen-bond donors (Lipinski definition) is 0. The maximum absolute atomic E-state index is 5.68. The first-order valence-electron chi connectivity index (χ1n) is 6.53. The first kappa shape index (κ1) is 14.0. The topological polar surface area (TPSA) is 18.5 Å². The minimum Gasteiger partial charge on any atom is -0.491 e. The smallest absolute Gasteiger partial charge is 0.119 e. The molecule has 1 atom stereocenters. The number of unbranched alkanes of at least 4 members (excludes halogenated alkanes) is 3. The average molecular weight is 235 g/mol. The molecule has 0 heterocycles. The second-order valence-electron chi connectivity index (χ2n) is 4.29. The van der Waals surface area contributed by atoms with Crippen LogP contribution in [-0.2, 0) is 4.74 Å². The molecule has 0 bridgehead atoms. The molecule has 1 unspecified atom stereocenters. The first-order chi connectivity index (χ1) is 8.33. The molecule has 0 aliphatic carbocycles. The molecule has 17 heavy (non-hydrogen) atoms. The molecule has 0 spiro atoms. The number of hydrogen-bond acceptors (Lipinski definition) is 2. The van der Waals surface area contributed by atoms with Gasteiger partial charge in [0.25, 0.3) is 0 Å². The van der Waals surface area contributed by atoms with Gasteiger partial charge in [0.15, 0.2) is 0 Å². The van der Waals surface area contributed by atoms with Gasteiger partial charge in [0.1, 0.15) is 12.4 Å². The standard InChI is InChI=1S/C15H23O2/c1-3-4-5-9-12-16-14(2)13-17-15-10-7-6-8-11-15/h7-8,10-11,14H,3-5,9,12-13H2,1-2H3. The van der Waals surface area contributed by atoms with E-state index in [0.29, 0.717) is 6.61 Å². The quantitative estimate of drug-likeness (QED) is 0.605. The van der Waals surface area contributed by atoms with Gasteiger partial charge in [-0.2, -0.15) is 0 Å². The Morgan fingerprint density at radius 1 is 1.18 bits per heavy atom. The minimum absolute atomic E-state index is 0.154. The van der Waals surface area contributed by atoms with Gasteiger partial charge >= 0.3 is 0 Å². The van der Waals surface area contributed by atoms with E-state index in [4.69, 9.17) is 9.47 Å². The van der Waals surface area contributed by atoms with E-state index in [1.54, 1.807) is 0 Å². The summed E-state index contributed by atoms with van der Waals surface area (Å²) in [5.41, 5.74) is 0. The summed E-state index contributed by atoms with van der Waals surface area (Å²) >= 11 is 0. The zero-order valence-corrected chi connectivity index (χ0v) is 10.9. The van der Waals surface area contributed by atoms with Crippen LogP contribution in [0.25, 0.3) is 0 Å². The second kappa shape index (κ2) is 9.06. The fourth-order valence-electron chi connectivity index (χ4n) is 1.54. The lowest BCUT2D eigenvalue weighted by molar-refractivity contribution is 0.0302. The van der Waals surface area contributed by atoms with E-state index in [1.165, 1.54) is 19.3 Å². The van der Waals surface area contributed by atoms with Gasteiger partial charge in [-0.25, -0.2) is 0 Å². The summed E-state index contributed by atoms with van der Waals surface area (Å²) in [6.45, 7) is 5.72. The average Bonchev–Trinajstić information content (AvgIpc) is 2.37. The zero-order valence-electron chi connectivity index (χ0n) is 10.9. The fourth-order valence-corrected chi connectivity index (χ4v) is 1.54. The molecular formula is C15H23O2. The highest BCUT2D eigenvalue weighted by atomic mass is 16.5. The molecule has 0 aromatic heterocycles. The third kappa shape index (κ3) is 7.01. The van der Waals surface area contributed by atoms with E-state index in [0.717, 1.165) is 18.8 Å². The van der Waals surface area contributed by atoms with Crippen LogP contribution in [0, 0.1) is 6.07 Å². The molecule has 95 valence electrons. The summed E-state index contributed by atoms with van der Waals surface area (Å²) in [5.74, 6) is 0.880. The molecule has 0 aliphatic heterocycles. The molecule has 0 saturated carbocycles. The van der Waals surface area contributed by atoms with Crippen LogP contribution in [0.15, 0.2) is 24.3 Å². The first-order valence-corrected chi connectivity index (χ1v) is 6.53. The van der Waals surface area contributed by atoms with Gasteiger partial charge in [-0.05, 0) is 31.5 Å². The molecule has 0 saturated heterocycles. The third-order valence-corrected chi connectivity index (χ3v) is 2.57. The molecular weight excluding hydrogens is 212 g/mol. The lowest BCUT2D eigenvalue weighted by Gasteiger charge is -2.14. The normalized spacial score (nSPS) is 12.4. The van der Waals surface area contributed by atoms with Gasteiger partial charge in [-0.3, -0.25) is 0 Å². The summed E-state index contributed by atoms with van der Waals surface area (Å²) in [5, 5.41) is 0. The monoisotopic (exact) mass is 235 g/mol. The van der Waals surface area contributed by atoms with Crippen molar-refractivity contribution in [2.45, 2.75) is 45.6 Å². The van der Waals surface area contributed by atoms with Crippen molar-refractivity contribution in [2.75, 3.05) is 13.2 Å². The minimum atomic E-state index is 0.154. The zero-order chi connectivity index (χ0) is 12.3. The highest BCUT2D eigenvalue weighted by Gasteiger charge is 2.02. The van der Waals surface area contributed by atoms with E-state index >= 15 is 0 Å². The SMILES string of the molecule is CCCCCCOC(C)COc1cc[c]cc1. The van der Waals surface area contributed by atoms with Crippen LogP contribution >= 0.6 is 0 Å². The Kier molecular flexibility index (Phi) is 7.48. The third-order valence-electron chi connectivity index (χ3n) is 2.57. The summed E-state index contributed by atoms with van der Waals surface area (Å²) in [4.78, 5) is 0. The van der Waals surface area contributed by atoms with Crippen LogP contribution in [-0.4, -0.2) is 19.3 Å². The van der Waals surface area contributed by atoms with E-state index in [-0.39, 0.29) is 6.10 Å². The van der Waals surface area contributed by atoms with Crippen LogP contribution in [0.5, 0.6) is 5.75 Å². The maximum Gasteiger partial charge on any atom is 0.119 e. The molecule has 2 nitrogen and oxygen atoms in total. The number of ether oxygens (including phenoxy) is 2. The van der Waals surface area contributed by atoms with Gasteiger partial charge in [0, 0.05) is 6.61 Å². The largest absolute Gasteiger partial charge is 0.491 e. The lowest BCUT2D eigenvalue weighted by Crippen LogP contribution is -2.18. The van der Waals surface area contributed by atoms with Crippen molar-refractivity contribution in [3.8, 4) is 5.75 Å². The van der Waals surface area contributed by atoms with E-state index in [2.05, 4.69) is 19.9 Å². The molecule has 1 rings (SSSR count). The summed E-state index contributed by atoms with van der Waals surface area (Å²) < 4.78 is 11.3. The van der Waals surface area contributed by atoms with E-state index in [9.17, 15) is 0 Å². The van der Waals surface area contributed by atoms with Crippen LogP contribution in [0.2, 0.25) is 0 Å². The molecule has 1 aromatic carbocycles. The van der Waals surface area contributed by atoms with Gasteiger partial charge in [0.2, 0.25) is 0 Å². The van der Waals surface area contributed by atoms with Crippen molar-refractivity contribution >= 4 is 0 Å². The van der Waals surface area contributed by atoms with Crippen molar-refractivity contribution < 1.29 is 9.47 Å². The molecule has 0 N–H and O–H groups in total. The van der Waals surface area contributed by atoms with Gasteiger partial charge in [0.05, 0.1) is 6.10 Å². The molecule has 1 aromatic rings. The van der Waals surface area contributed by atoms with Gasteiger partial charge in [-0.1, -0.05) is 38.3 Å². The fraction of sp³-hybridized carbons (Fsp3) is 0.600. The number of rotatable bonds is 9. The summed E-state index contributed by atoms with van der Waals surface area (Å²) in [6.07, 6.45) is 5.14. The van der Waals surface area contributed by atoms with E-state index < -0.39 is 0 Å². The molecule has 2 heteroatoms. The Balaban J connectivity index is 2.03. The van der Waals surface area contributed by atoms with Crippen molar-refractivity contribution in [3.63, 3.8) is 0 Å². The van der Waals surface area contributed by atoms with Crippen molar-refractivity contribution in [2.24, 2.45) is 0 Å². The lowest BCUT2D eigenvalue weighted by atomic mass is 10.2. The summed E-state index contributed by atoms with van der Waals surface area (Å²) in [6, 6.07) is 10.5. The van der Waals surface area contributed by atoms with Crippen LogP contribution in [0.1, 0.15) is 39.5 Å². The molecule has 0 fully saturated rings. The van der Waals surface area contributed by atoms with Gasteiger partial charge < -0.3 is 9.47 Å². The van der Waals surface area contributed by atoms with Crippen LogP contribution < -0.4 is 4.74 Å². The van der Waals surface area contributed by atoms with E-state index in [1.807, 2.05) is 24.3 Å². The Bertz CT molecular complexity index is 272. The Hall–Kier alpha value is -1.02. The predicted molar refractivity (Wildman–Crippen MR) is 70.3 cm³/mol. The second-order valence-corrected chi connectivity index (χ2v) is 4.29. The van der Waals surface area contributed by atoms with Gasteiger partial charge in [-0.15, -0.1) is 0 Å². The molecule has 0 aliphatic rings. The van der Waals surface area contributed by atoms with Crippen molar-refractivity contribution in [3.05, 3.63) is 30.3 Å². The maximum atomic E-state index is 5.68. The predicted octanol–water partition coefficient (Wildman–Crippen LogP) is 3.85. The molecule has 1 radical (unpaired) electrons. The Morgan fingerprint density at radius 3 is 2.65 bits per heavy atom.